The molecule has 0 bridgehead atoms. The fraction of sp³-hybridized carbons (Fsp3) is 0.692. The third kappa shape index (κ3) is 1.71. The van der Waals surface area contributed by atoms with Crippen LogP contribution in [-0.2, 0) is 14.3 Å². The molecular weight excluding hydrogens is 218 g/mol. The fourth-order valence-electron chi connectivity index (χ4n) is 3.09. The van der Waals surface area contributed by atoms with Gasteiger partial charge in [-0.3, -0.25) is 9.59 Å². The van der Waals surface area contributed by atoms with Gasteiger partial charge in [0.1, 0.15) is 17.4 Å². The Morgan fingerprint density at radius 3 is 2.82 bits per heavy atom. The van der Waals surface area contributed by atoms with Gasteiger partial charge in [0.2, 0.25) is 5.91 Å². The standard InChI is InChI=1S/C13H19NO3/c1-5-6-9-10-7-17-13(3,4)14(10)12(16)11(9)8(2)15/h5,9-11H,1,6-7H2,2-4H3/t9-,10-,11+/m1/s1. The zero-order chi connectivity index (χ0) is 12.8. The van der Waals surface area contributed by atoms with Crippen LogP contribution in [0.4, 0.5) is 0 Å². The average molecular weight is 237 g/mol. The highest BCUT2D eigenvalue weighted by Gasteiger charge is 2.57. The number of Topliss-reactive ketones (excluding diaryl/α,β-unsaturated/α-hetero) is 1. The van der Waals surface area contributed by atoms with Gasteiger partial charge in [-0.15, -0.1) is 6.58 Å². The normalized spacial score (nSPS) is 34.9. The first-order chi connectivity index (χ1) is 7.90. The Morgan fingerprint density at radius 2 is 2.29 bits per heavy atom. The number of carbonyl (C=O) groups is 2. The van der Waals surface area contributed by atoms with Crippen molar-refractivity contribution in [2.24, 2.45) is 11.8 Å². The molecule has 2 fully saturated rings. The molecule has 0 saturated carbocycles. The maximum Gasteiger partial charge on any atom is 0.236 e. The van der Waals surface area contributed by atoms with Crippen molar-refractivity contribution in [3.63, 3.8) is 0 Å². The van der Waals surface area contributed by atoms with Crippen molar-refractivity contribution in [1.29, 1.82) is 0 Å². The summed E-state index contributed by atoms with van der Waals surface area (Å²) in [5, 5.41) is 0. The van der Waals surface area contributed by atoms with E-state index < -0.39 is 11.6 Å². The second-order valence-corrected chi connectivity index (χ2v) is 5.31. The molecule has 1 amide bonds. The highest BCUT2D eigenvalue weighted by molar-refractivity contribution is 6.02. The summed E-state index contributed by atoms with van der Waals surface area (Å²) in [4.78, 5) is 25.7. The van der Waals surface area contributed by atoms with Gasteiger partial charge in [0, 0.05) is 5.92 Å². The Bertz CT molecular complexity index is 375. The zero-order valence-corrected chi connectivity index (χ0v) is 10.6. The number of amides is 1. The number of carbonyl (C=O) groups excluding carboxylic acids is 2. The molecule has 0 unspecified atom stereocenters. The van der Waals surface area contributed by atoms with Crippen molar-refractivity contribution in [1.82, 2.24) is 4.90 Å². The van der Waals surface area contributed by atoms with Crippen molar-refractivity contribution in [3.05, 3.63) is 12.7 Å². The van der Waals surface area contributed by atoms with Crippen molar-refractivity contribution >= 4 is 11.7 Å². The van der Waals surface area contributed by atoms with Crippen LogP contribution < -0.4 is 0 Å². The molecule has 0 N–H and O–H groups in total. The number of nitrogens with zero attached hydrogens (tertiary/aromatic N) is 1. The van der Waals surface area contributed by atoms with Crippen molar-refractivity contribution in [2.75, 3.05) is 6.61 Å². The van der Waals surface area contributed by atoms with Gasteiger partial charge in [0.25, 0.3) is 0 Å². The number of hydrogen-bond acceptors (Lipinski definition) is 3. The van der Waals surface area contributed by atoms with Crippen LogP contribution in [0.15, 0.2) is 12.7 Å². The molecule has 0 aromatic heterocycles. The van der Waals surface area contributed by atoms with Gasteiger partial charge in [0.05, 0.1) is 12.6 Å². The van der Waals surface area contributed by atoms with Gasteiger partial charge in [-0.1, -0.05) is 6.08 Å². The molecule has 3 atom stereocenters. The van der Waals surface area contributed by atoms with Gasteiger partial charge in [0.15, 0.2) is 0 Å². The van der Waals surface area contributed by atoms with Crippen LogP contribution in [0.3, 0.4) is 0 Å². The number of ketones is 1. The van der Waals surface area contributed by atoms with E-state index in [1.165, 1.54) is 6.92 Å². The summed E-state index contributed by atoms with van der Waals surface area (Å²) in [6.45, 7) is 9.47. The second-order valence-electron chi connectivity index (χ2n) is 5.31. The molecule has 4 heteroatoms. The SMILES string of the molecule is C=CC[C@H]1[C@H](C(C)=O)C(=O)N2[C@@H]1COC2(C)C. The van der Waals surface area contributed by atoms with E-state index in [1.54, 1.807) is 11.0 Å². The highest BCUT2D eigenvalue weighted by Crippen LogP contribution is 2.43. The van der Waals surface area contributed by atoms with E-state index in [4.69, 9.17) is 4.74 Å². The van der Waals surface area contributed by atoms with Crippen molar-refractivity contribution in [3.8, 4) is 0 Å². The average Bonchev–Trinajstić information content (AvgIpc) is 2.66. The molecule has 0 spiro atoms. The van der Waals surface area contributed by atoms with Gasteiger partial charge in [-0.2, -0.15) is 0 Å². The predicted octanol–water partition coefficient (Wildman–Crippen LogP) is 1.36. The Morgan fingerprint density at radius 1 is 1.65 bits per heavy atom. The second kappa shape index (κ2) is 3.95. The number of rotatable bonds is 3. The van der Waals surface area contributed by atoms with Gasteiger partial charge in [-0.25, -0.2) is 0 Å². The minimum Gasteiger partial charge on any atom is -0.354 e. The van der Waals surface area contributed by atoms with E-state index in [0.29, 0.717) is 13.0 Å². The minimum absolute atomic E-state index is 0.0132. The lowest BCUT2D eigenvalue weighted by Crippen LogP contribution is -2.44. The molecule has 17 heavy (non-hydrogen) atoms. The van der Waals surface area contributed by atoms with Gasteiger partial charge in [-0.05, 0) is 27.2 Å². The van der Waals surface area contributed by atoms with Crippen LogP contribution in [0.5, 0.6) is 0 Å². The summed E-state index contributed by atoms with van der Waals surface area (Å²) in [6.07, 6.45) is 2.46. The topological polar surface area (TPSA) is 46.6 Å². The van der Waals surface area contributed by atoms with Gasteiger partial charge >= 0.3 is 0 Å². The molecule has 2 rings (SSSR count). The van der Waals surface area contributed by atoms with Crippen LogP contribution in [0.25, 0.3) is 0 Å². The van der Waals surface area contributed by atoms with Crippen LogP contribution >= 0.6 is 0 Å². The Hall–Kier alpha value is -1.16. The summed E-state index contributed by atoms with van der Waals surface area (Å²) < 4.78 is 5.64. The molecule has 2 heterocycles. The third-order valence-electron chi connectivity index (χ3n) is 3.82. The molecule has 0 aromatic carbocycles. The summed E-state index contributed by atoms with van der Waals surface area (Å²) in [7, 11) is 0. The maximum absolute atomic E-state index is 12.3. The van der Waals surface area contributed by atoms with E-state index in [2.05, 4.69) is 6.58 Å². The molecule has 0 aromatic rings. The molecule has 2 saturated heterocycles. The lowest BCUT2D eigenvalue weighted by atomic mass is 9.85. The summed E-state index contributed by atoms with van der Waals surface area (Å²) in [5.74, 6) is -0.635. The summed E-state index contributed by atoms with van der Waals surface area (Å²) in [5.41, 5.74) is -0.592. The van der Waals surface area contributed by atoms with Crippen LogP contribution in [0, 0.1) is 11.8 Å². The highest BCUT2D eigenvalue weighted by atomic mass is 16.5. The van der Waals surface area contributed by atoms with E-state index in [9.17, 15) is 9.59 Å². The number of ether oxygens (including phenoxy) is 1. The lowest BCUT2D eigenvalue weighted by molar-refractivity contribution is -0.147. The first-order valence-corrected chi connectivity index (χ1v) is 5.98. The van der Waals surface area contributed by atoms with Crippen LogP contribution in [-0.4, -0.2) is 35.0 Å². The Kier molecular flexibility index (Phi) is 2.86. The van der Waals surface area contributed by atoms with E-state index >= 15 is 0 Å². The third-order valence-corrected chi connectivity index (χ3v) is 3.82. The van der Waals surface area contributed by atoms with E-state index in [1.807, 2.05) is 13.8 Å². The van der Waals surface area contributed by atoms with Crippen molar-refractivity contribution in [2.45, 2.75) is 39.0 Å². The fourth-order valence-corrected chi connectivity index (χ4v) is 3.09. The summed E-state index contributed by atoms with van der Waals surface area (Å²) in [6, 6.07) is 0.0180. The Balaban J connectivity index is 2.36. The number of allylic oxidation sites excluding steroid dienone is 1. The minimum atomic E-state index is -0.592. The molecule has 2 aliphatic rings. The van der Waals surface area contributed by atoms with E-state index in [0.717, 1.165) is 0 Å². The maximum atomic E-state index is 12.3. The summed E-state index contributed by atoms with van der Waals surface area (Å²) >= 11 is 0. The molecule has 0 aliphatic carbocycles. The van der Waals surface area contributed by atoms with Crippen molar-refractivity contribution < 1.29 is 14.3 Å². The van der Waals surface area contributed by atoms with Crippen LogP contribution in [0.1, 0.15) is 27.2 Å². The largest absolute Gasteiger partial charge is 0.354 e. The van der Waals surface area contributed by atoms with E-state index in [-0.39, 0.29) is 23.7 Å². The quantitative estimate of drug-likeness (QED) is 0.550. The zero-order valence-electron chi connectivity index (χ0n) is 10.6. The van der Waals surface area contributed by atoms with Gasteiger partial charge < -0.3 is 9.64 Å². The lowest BCUT2D eigenvalue weighted by Gasteiger charge is -2.29. The molecule has 4 nitrogen and oxygen atoms in total. The monoisotopic (exact) mass is 237 g/mol. The molecule has 94 valence electrons. The number of hydrogen-bond donors (Lipinski definition) is 0. The Labute approximate surface area is 102 Å². The first kappa shape index (κ1) is 12.3. The number of fused-ring (bicyclic) bond motifs is 1. The molecule has 2 aliphatic heterocycles. The predicted molar refractivity (Wildman–Crippen MR) is 63.1 cm³/mol. The molecule has 0 radical (unpaired) electrons. The van der Waals surface area contributed by atoms with Crippen LogP contribution in [0.2, 0.25) is 0 Å². The smallest absolute Gasteiger partial charge is 0.236 e. The molecular formula is C13H19NO3. The first-order valence-electron chi connectivity index (χ1n) is 5.98.